The molecule has 1 fully saturated rings. The zero-order valence-corrected chi connectivity index (χ0v) is 14.2. The number of ether oxygens (including phenoxy) is 1. The van der Waals surface area contributed by atoms with Crippen LogP contribution in [0.25, 0.3) is 0 Å². The van der Waals surface area contributed by atoms with Crippen molar-refractivity contribution in [1.82, 2.24) is 9.55 Å². The molecule has 0 bridgehead atoms. The summed E-state index contributed by atoms with van der Waals surface area (Å²) < 4.78 is 27.5. The smallest absolute Gasteiger partial charge is 0.390 e. The Morgan fingerprint density at radius 2 is 2.24 bits per heavy atom. The minimum Gasteiger partial charge on any atom is -0.390 e. The Morgan fingerprint density at radius 1 is 1.52 bits per heavy atom. The summed E-state index contributed by atoms with van der Waals surface area (Å²) in [7, 11) is -4.38. The van der Waals surface area contributed by atoms with Gasteiger partial charge in [-0.3, -0.25) is 23.4 Å². The molecular formula is C13H18N3O8P. The van der Waals surface area contributed by atoms with Crippen LogP contribution in [0.1, 0.15) is 24.6 Å². The summed E-state index contributed by atoms with van der Waals surface area (Å²) in [6, 6.07) is 1.75. The molecule has 12 heteroatoms. The Balaban J connectivity index is 1.99. The normalized spacial score (nSPS) is 25.4. The number of H-pyrrole nitrogens is 1. The third-order valence-corrected chi connectivity index (χ3v) is 4.51. The molecule has 2 heterocycles. The minimum absolute atomic E-state index is 0.0322. The zero-order valence-electron chi connectivity index (χ0n) is 13.3. The molecule has 1 aliphatic heterocycles. The van der Waals surface area contributed by atoms with E-state index in [4.69, 9.17) is 14.5 Å². The molecule has 3 N–H and O–H groups in total. The average molecular weight is 375 g/mol. The summed E-state index contributed by atoms with van der Waals surface area (Å²) in [5.41, 5.74) is -0.916. The minimum atomic E-state index is -4.38. The van der Waals surface area contributed by atoms with Crippen LogP contribution < -0.4 is 11.2 Å². The summed E-state index contributed by atoms with van der Waals surface area (Å²) in [4.78, 5) is 34.8. The molecule has 138 valence electrons. The highest BCUT2D eigenvalue weighted by molar-refractivity contribution is 7.47. The summed E-state index contributed by atoms with van der Waals surface area (Å²) >= 11 is 0. The number of nitrogens with zero attached hydrogens (tertiary/aromatic N) is 2. The van der Waals surface area contributed by atoms with Crippen molar-refractivity contribution < 1.29 is 28.3 Å². The van der Waals surface area contributed by atoms with Crippen molar-refractivity contribution >= 4 is 7.82 Å². The molecule has 0 amide bonds. The Kier molecular flexibility index (Phi) is 6.29. The molecule has 0 aromatic carbocycles. The van der Waals surface area contributed by atoms with E-state index in [2.05, 4.69) is 9.51 Å². The van der Waals surface area contributed by atoms with Crippen molar-refractivity contribution in [2.24, 2.45) is 0 Å². The first-order valence-electron chi connectivity index (χ1n) is 7.38. The fraction of sp³-hybridized carbons (Fsp3) is 0.615. The number of aryl methyl sites for hydroxylation is 1. The van der Waals surface area contributed by atoms with Crippen molar-refractivity contribution in [3.8, 4) is 6.07 Å². The molecule has 0 saturated carbocycles. The fourth-order valence-corrected chi connectivity index (χ4v) is 2.98. The summed E-state index contributed by atoms with van der Waals surface area (Å²) in [6.07, 6.45) is -1.61. The zero-order chi connectivity index (χ0) is 18.6. The SMILES string of the molecule is Cc1cn([C@H]2C[C@@H](O)[C@@H](COP(=O)(O)OCCC#N)O2)c(=O)[nH]c1=O. The highest BCUT2D eigenvalue weighted by Gasteiger charge is 2.37. The van der Waals surface area contributed by atoms with E-state index in [0.29, 0.717) is 5.56 Å². The van der Waals surface area contributed by atoms with Crippen LogP contribution in [0.4, 0.5) is 0 Å². The number of rotatable bonds is 7. The molecule has 25 heavy (non-hydrogen) atoms. The van der Waals surface area contributed by atoms with Gasteiger partial charge in [0, 0.05) is 18.2 Å². The molecule has 1 aromatic heterocycles. The number of aliphatic hydroxyl groups is 1. The summed E-state index contributed by atoms with van der Waals surface area (Å²) in [5, 5.41) is 18.4. The topological polar surface area (TPSA) is 164 Å². The largest absolute Gasteiger partial charge is 0.472 e. The number of phosphoric acid groups is 1. The van der Waals surface area contributed by atoms with Gasteiger partial charge in [0.15, 0.2) is 0 Å². The van der Waals surface area contributed by atoms with Gasteiger partial charge in [0.25, 0.3) is 5.56 Å². The van der Waals surface area contributed by atoms with Crippen LogP contribution in [0.3, 0.4) is 0 Å². The Labute approximate surface area is 142 Å². The number of hydrogen-bond donors (Lipinski definition) is 3. The number of aromatic nitrogens is 2. The second-order valence-corrected chi connectivity index (χ2v) is 6.87. The number of aliphatic hydroxyl groups excluding tert-OH is 1. The number of nitrogens with one attached hydrogen (secondary N) is 1. The van der Waals surface area contributed by atoms with E-state index in [1.807, 2.05) is 0 Å². The fourth-order valence-electron chi connectivity index (χ4n) is 2.25. The molecule has 0 spiro atoms. The van der Waals surface area contributed by atoms with Gasteiger partial charge in [0.2, 0.25) is 0 Å². The van der Waals surface area contributed by atoms with E-state index in [1.54, 1.807) is 6.07 Å². The average Bonchev–Trinajstić information content (AvgIpc) is 2.90. The summed E-state index contributed by atoms with van der Waals surface area (Å²) in [5.74, 6) is 0. The lowest BCUT2D eigenvalue weighted by atomic mass is 10.2. The first kappa shape index (κ1) is 19.5. The van der Waals surface area contributed by atoms with Gasteiger partial charge >= 0.3 is 13.5 Å². The van der Waals surface area contributed by atoms with Crippen LogP contribution in [-0.2, 0) is 18.3 Å². The Hall–Kier alpha value is -1.80. The van der Waals surface area contributed by atoms with Gasteiger partial charge in [-0.25, -0.2) is 9.36 Å². The monoisotopic (exact) mass is 375 g/mol. The van der Waals surface area contributed by atoms with Crippen molar-refractivity contribution in [2.75, 3.05) is 13.2 Å². The molecule has 1 aromatic rings. The highest BCUT2D eigenvalue weighted by atomic mass is 31.2. The van der Waals surface area contributed by atoms with Crippen LogP contribution >= 0.6 is 7.82 Å². The van der Waals surface area contributed by atoms with Gasteiger partial charge in [0.05, 0.1) is 31.8 Å². The molecule has 4 atom stereocenters. The van der Waals surface area contributed by atoms with E-state index in [9.17, 15) is 24.2 Å². The summed E-state index contributed by atoms with van der Waals surface area (Å²) in [6.45, 7) is 0.795. The quantitative estimate of drug-likeness (QED) is 0.422. The third-order valence-electron chi connectivity index (χ3n) is 3.53. The molecule has 1 saturated heterocycles. The molecule has 1 aliphatic rings. The van der Waals surface area contributed by atoms with Gasteiger partial charge in [0.1, 0.15) is 12.3 Å². The maximum Gasteiger partial charge on any atom is 0.472 e. The maximum absolute atomic E-state index is 11.8. The van der Waals surface area contributed by atoms with Crippen LogP contribution in [0.15, 0.2) is 15.8 Å². The van der Waals surface area contributed by atoms with E-state index < -0.39 is 44.1 Å². The van der Waals surface area contributed by atoms with E-state index in [-0.39, 0.29) is 19.4 Å². The molecule has 2 rings (SSSR count). The number of aromatic amines is 1. The second-order valence-electron chi connectivity index (χ2n) is 5.42. The predicted octanol–water partition coefficient (Wildman–Crippen LogP) is -0.459. The van der Waals surface area contributed by atoms with E-state index in [1.165, 1.54) is 13.1 Å². The molecule has 0 radical (unpaired) electrons. The number of nitriles is 1. The predicted molar refractivity (Wildman–Crippen MR) is 82.6 cm³/mol. The van der Waals surface area contributed by atoms with Gasteiger partial charge in [-0.1, -0.05) is 0 Å². The Bertz CT molecular complexity index is 813. The molecule has 1 unspecified atom stereocenters. The lowest BCUT2D eigenvalue weighted by molar-refractivity contribution is -0.0464. The van der Waals surface area contributed by atoms with Gasteiger partial charge in [-0.15, -0.1) is 0 Å². The third kappa shape index (κ3) is 5.09. The van der Waals surface area contributed by atoms with E-state index in [0.717, 1.165) is 4.57 Å². The first-order chi connectivity index (χ1) is 11.7. The lowest BCUT2D eigenvalue weighted by Gasteiger charge is -2.18. The molecule has 11 nitrogen and oxygen atoms in total. The Morgan fingerprint density at radius 3 is 2.92 bits per heavy atom. The second kappa shape index (κ2) is 8.05. The van der Waals surface area contributed by atoms with Crippen LogP contribution in [0, 0.1) is 18.3 Å². The van der Waals surface area contributed by atoms with Crippen LogP contribution in [0.5, 0.6) is 0 Å². The van der Waals surface area contributed by atoms with Crippen molar-refractivity contribution in [3.63, 3.8) is 0 Å². The van der Waals surface area contributed by atoms with Crippen LogP contribution in [0.2, 0.25) is 0 Å². The first-order valence-corrected chi connectivity index (χ1v) is 8.87. The van der Waals surface area contributed by atoms with Crippen LogP contribution in [-0.4, -0.2) is 45.0 Å². The van der Waals surface area contributed by atoms with Crippen molar-refractivity contribution in [3.05, 3.63) is 32.6 Å². The van der Waals surface area contributed by atoms with Gasteiger partial charge in [-0.2, -0.15) is 5.26 Å². The number of hydrogen-bond acceptors (Lipinski definition) is 8. The lowest BCUT2D eigenvalue weighted by Crippen LogP contribution is -2.33. The maximum atomic E-state index is 11.8. The van der Waals surface area contributed by atoms with Crippen molar-refractivity contribution in [1.29, 1.82) is 5.26 Å². The highest BCUT2D eigenvalue weighted by Crippen LogP contribution is 2.44. The molecule has 0 aliphatic carbocycles. The number of phosphoric ester groups is 1. The van der Waals surface area contributed by atoms with Gasteiger partial charge < -0.3 is 14.7 Å². The molecular weight excluding hydrogens is 357 g/mol. The van der Waals surface area contributed by atoms with Gasteiger partial charge in [-0.05, 0) is 6.92 Å². The standard InChI is InChI=1S/C13H18N3O8P/c1-8-6-16(13(19)15-12(8)18)11-5-9(17)10(24-11)7-23-25(20,21)22-4-2-3-14/h6,9-11,17H,2,4-5,7H2,1H3,(H,20,21)(H,15,18,19)/t9-,10-,11-/m1/s1. The van der Waals surface area contributed by atoms with E-state index >= 15 is 0 Å². The van der Waals surface area contributed by atoms with Crippen molar-refractivity contribution in [2.45, 2.75) is 38.2 Å².